The largest absolute Gasteiger partial charge is 0.496 e. The fourth-order valence-corrected chi connectivity index (χ4v) is 5.73. The van der Waals surface area contributed by atoms with Gasteiger partial charge >= 0.3 is 18.3 Å². The van der Waals surface area contributed by atoms with Crippen molar-refractivity contribution in [1.82, 2.24) is 15.3 Å². The minimum Gasteiger partial charge on any atom is -0.496 e. The molecule has 9 nitrogen and oxygen atoms in total. The normalized spacial score (nSPS) is 18.0. The van der Waals surface area contributed by atoms with Gasteiger partial charge in [-0.2, -0.15) is 26.3 Å². The number of anilines is 2. The number of halogens is 6. The summed E-state index contributed by atoms with van der Waals surface area (Å²) in [6.45, 7) is 1.31. The Morgan fingerprint density at radius 2 is 1.70 bits per heavy atom. The number of carboxylic acids is 1. The minimum atomic E-state index is -4.81. The average Bonchev–Trinajstić information content (AvgIpc) is 3.46. The molecule has 2 N–H and O–H groups in total. The third-order valence-electron chi connectivity index (χ3n) is 8.05. The summed E-state index contributed by atoms with van der Waals surface area (Å²) < 4.78 is 85.7. The van der Waals surface area contributed by atoms with Crippen LogP contribution in [0.2, 0.25) is 0 Å². The number of aliphatic carboxylic acids is 1. The number of benzene rings is 1. The summed E-state index contributed by atoms with van der Waals surface area (Å²) in [7, 11) is 1.25. The summed E-state index contributed by atoms with van der Waals surface area (Å²) in [6.07, 6.45) is -5.47. The smallest absolute Gasteiger partial charge is 0.451 e. The van der Waals surface area contributed by atoms with E-state index in [1.807, 2.05) is 0 Å². The van der Waals surface area contributed by atoms with Crippen molar-refractivity contribution in [3.05, 3.63) is 41.2 Å². The average molecular weight is 632 g/mol. The molecule has 1 atom stereocenters. The topological polar surface area (TPSA) is 108 Å². The number of carbonyl (C=O) groups excluding carboxylic acids is 1. The van der Waals surface area contributed by atoms with E-state index in [1.165, 1.54) is 24.1 Å². The van der Waals surface area contributed by atoms with Gasteiger partial charge < -0.3 is 25.0 Å². The highest BCUT2D eigenvalue weighted by molar-refractivity contribution is 5.85. The number of hydrogen-bond acceptors (Lipinski definition) is 7. The van der Waals surface area contributed by atoms with Crippen LogP contribution in [0.25, 0.3) is 0 Å². The second-order valence-corrected chi connectivity index (χ2v) is 11.0. The quantitative estimate of drug-likeness (QED) is 0.321. The van der Waals surface area contributed by atoms with Crippen LogP contribution in [0, 0.1) is 5.92 Å². The lowest BCUT2D eigenvalue weighted by Gasteiger charge is -2.34. The Hall–Kier alpha value is -3.78. The molecule has 1 aromatic heterocycles. The Morgan fingerprint density at radius 1 is 1.00 bits per heavy atom. The van der Waals surface area contributed by atoms with Crippen LogP contribution in [0.4, 0.5) is 38.0 Å². The summed E-state index contributed by atoms with van der Waals surface area (Å²) in [4.78, 5) is 34.8. The van der Waals surface area contributed by atoms with Crippen LogP contribution < -0.4 is 19.9 Å². The maximum atomic E-state index is 13.8. The van der Waals surface area contributed by atoms with Crippen LogP contribution in [0.1, 0.15) is 61.9 Å². The molecule has 2 aliphatic heterocycles. The van der Waals surface area contributed by atoms with Crippen LogP contribution in [0.3, 0.4) is 0 Å². The van der Waals surface area contributed by atoms with Crippen LogP contribution in [-0.4, -0.2) is 66.3 Å². The number of carboxylic acid groups (broad SMARTS) is 1. The molecule has 0 bridgehead atoms. The first kappa shape index (κ1) is 33.1. The van der Waals surface area contributed by atoms with E-state index in [1.54, 1.807) is 4.90 Å². The molecule has 2 fully saturated rings. The fraction of sp³-hybridized carbons (Fsp3) is 0.586. The second-order valence-electron chi connectivity index (χ2n) is 11.0. The predicted octanol–water partition coefficient (Wildman–Crippen LogP) is 5.32. The summed E-state index contributed by atoms with van der Waals surface area (Å²) in [5.41, 5.74) is -0.392. The van der Waals surface area contributed by atoms with Crippen LogP contribution >= 0.6 is 0 Å². The zero-order valence-electron chi connectivity index (χ0n) is 24.2. The zero-order valence-corrected chi connectivity index (χ0v) is 24.2. The van der Waals surface area contributed by atoms with Gasteiger partial charge in [0.1, 0.15) is 23.4 Å². The summed E-state index contributed by atoms with van der Waals surface area (Å²) in [5, 5.41) is 11.6. The molecule has 0 spiro atoms. The summed E-state index contributed by atoms with van der Waals surface area (Å²) in [6, 6.07) is 3.80. The lowest BCUT2D eigenvalue weighted by atomic mass is 9.91. The summed E-state index contributed by atoms with van der Waals surface area (Å²) >= 11 is 0. The monoisotopic (exact) mass is 631 g/mol. The van der Waals surface area contributed by atoms with Crippen molar-refractivity contribution in [3.63, 3.8) is 0 Å². The molecule has 242 valence electrons. The zero-order chi connectivity index (χ0) is 32.1. The third kappa shape index (κ3) is 8.44. The number of aromatic nitrogens is 2. The molecule has 44 heavy (non-hydrogen) atoms. The van der Waals surface area contributed by atoms with Crippen molar-refractivity contribution in [2.75, 3.05) is 43.1 Å². The lowest BCUT2D eigenvalue weighted by molar-refractivity contribution is -0.145. The van der Waals surface area contributed by atoms with Crippen LogP contribution in [0.5, 0.6) is 5.75 Å². The van der Waals surface area contributed by atoms with Gasteiger partial charge in [-0.1, -0.05) is 6.07 Å². The maximum absolute atomic E-state index is 13.8. The Labute approximate surface area is 250 Å². The molecule has 0 unspecified atom stereocenters. The SMILES string of the molecule is COc1cc(C(F)(F)F)ccc1CCNC(=O)[C@@H]1CCCN1c1cc(N2CCC(CCCC(=O)O)CC2)nc(C(F)(F)F)n1. The van der Waals surface area contributed by atoms with Crippen LogP contribution in [-0.2, 0) is 28.4 Å². The van der Waals surface area contributed by atoms with Crippen molar-refractivity contribution >= 4 is 23.5 Å². The fourth-order valence-electron chi connectivity index (χ4n) is 5.73. The van der Waals surface area contributed by atoms with E-state index in [0.29, 0.717) is 57.3 Å². The molecule has 0 saturated carbocycles. The van der Waals surface area contributed by atoms with Gasteiger partial charge in [0.25, 0.3) is 0 Å². The van der Waals surface area contributed by atoms with Gasteiger partial charge in [-0.25, -0.2) is 9.97 Å². The molecule has 2 aromatic rings. The standard InChI is InChI=1S/C29H35F6N5O4/c1-44-22-16-20(28(30,31)32)8-7-19(22)9-12-36-26(43)21-5-3-13-40(21)24-17-23(37-27(38-24)29(33,34)35)39-14-10-18(11-15-39)4-2-6-25(41)42/h7-8,16-18,21H,2-6,9-15H2,1H3,(H,36,43)(H,41,42)/t21-/m0/s1. The van der Waals surface area contributed by atoms with Gasteiger partial charge in [0.05, 0.1) is 12.7 Å². The van der Waals surface area contributed by atoms with E-state index >= 15 is 0 Å². The number of ether oxygens (including phenoxy) is 1. The molecule has 2 saturated heterocycles. The van der Waals surface area contributed by atoms with Gasteiger partial charge in [-0.3, -0.25) is 9.59 Å². The van der Waals surface area contributed by atoms with Crippen molar-refractivity contribution in [3.8, 4) is 5.75 Å². The molecule has 1 amide bonds. The number of nitrogens with one attached hydrogen (secondary N) is 1. The highest BCUT2D eigenvalue weighted by Crippen LogP contribution is 2.35. The molecular weight excluding hydrogens is 596 g/mol. The molecule has 3 heterocycles. The van der Waals surface area contributed by atoms with E-state index in [-0.39, 0.29) is 42.7 Å². The Bertz CT molecular complexity index is 1310. The minimum absolute atomic E-state index is 0.00651. The van der Waals surface area contributed by atoms with Gasteiger partial charge in [0.15, 0.2) is 0 Å². The molecule has 15 heteroatoms. The maximum Gasteiger partial charge on any atom is 0.451 e. The summed E-state index contributed by atoms with van der Waals surface area (Å²) in [5.74, 6) is -2.15. The van der Waals surface area contributed by atoms with Crippen molar-refractivity contribution < 1.29 is 45.8 Å². The van der Waals surface area contributed by atoms with E-state index < -0.39 is 41.7 Å². The number of hydrogen-bond donors (Lipinski definition) is 2. The Morgan fingerprint density at radius 3 is 2.34 bits per heavy atom. The van der Waals surface area contributed by atoms with Gasteiger partial charge in [-0.15, -0.1) is 0 Å². The van der Waals surface area contributed by atoms with Crippen molar-refractivity contribution in [2.45, 2.75) is 69.8 Å². The highest BCUT2D eigenvalue weighted by Gasteiger charge is 2.39. The molecule has 0 radical (unpaired) electrons. The number of carbonyl (C=O) groups is 2. The predicted molar refractivity (Wildman–Crippen MR) is 149 cm³/mol. The van der Waals surface area contributed by atoms with Crippen molar-refractivity contribution in [1.29, 1.82) is 0 Å². The molecule has 4 rings (SSSR count). The highest BCUT2D eigenvalue weighted by atomic mass is 19.4. The van der Waals surface area contributed by atoms with Gasteiger partial charge in [0, 0.05) is 38.7 Å². The van der Waals surface area contributed by atoms with Crippen molar-refractivity contribution in [2.24, 2.45) is 5.92 Å². The number of rotatable bonds is 11. The molecular formula is C29H35F6N5O4. The molecule has 2 aliphatic rings. The van der Waals surface area contributed by atoms with Crippen LogP contribution in [0.15, 0.2) is 24.3 Å². The third-order valence-corrected chi connectivity index (χ3v) is 8.05. The van der Waals surface area contributed by atoms with E-state index in [9.17, 15) is 35.9 Å². The number of nitrogens with zero attached hydrogens (tertiary/aromatic N) is 4. The lowest BCUT2D eigenvalue weighted by Crippen LogP contribution is -2.44. The number of methoxy groups -OCH3 is 1. The first-order valence-electron chi connectivity index (χ1n) is 14.5. The van der Waals surface area contributed by atoms with Gasteiger partial charge in [-0.05, 0) is 68.6 Å². The Kier molecular flexibility index (Phi) is 10.5. The Balaban J connectivity index is 1.43. The van der Waals surface area contributed by atoms with E-state index in [4.69, 9.17) is 9.84 Å². The molecule has 1 aromatic carbocycles. The number of amides is 1. The van der Waals surface area contributed by atoms with Gasteiger partial charge in [0.2, 0.25) is 11.7 Å². The second kappa shape index (κ2) is 13.9. The first-order valence-corrected chi connectivity index (χ1v) is 14.5. The van der Waals surface area contributed by atoms with E-state index in [0.717, 1.165) is 18.6 Å². The van der Waals surface area contributed by atoms with E-state index in [2.05, 4.69) is 15.3 Å². The molecule has 0 aliphatic carbocycles. The number of piperidine rings is 1. The number of alkyl halides is 6. The first-order chi connectivity index (χ1) is 20.8.